The van der Waals surface area contributed by atoms with Gasteiger partial charge in [-0.15, -0.1) is 0 Å². The second-order valence-electron chi connectivity index (χ2n) is 5.52. The lowest BCUT2D eigenvalue weighted by Crippen LogP contribution is -2.32. The van der Waals surface area contributed by atoms with Crippen LogP contribution in [0.1, 0.15) is 17.3 Å². The molecule has 0 unspecified atom stereocenters. The summed E-state index contributed by atoms with van der Waals surface area (Å²) in [4.78, 5) is 29.3. The van der Waals surface area contributed by atoms with Crippen LogP contribution in [0.5, 0.6) is 0 Å². The van der Waals surface area contributed by atoms with Crippen molar-refractivity contribution in [3.8, 4) is 0 Å². The van der Waals surface area contributed by atoms with E-state index >= 15 is 0 Å². The van der Waals surface area contributed by atoms with Gasteiger partial charge >= 0.3 is 0 Å². The maximum absolute atomic E-state index is 12.8. The van der Waals surface area contributed by atoms with Crippen LogP contribution in [0.25, 0.3) is 0 Å². The zero-order valence-corrected chi connectivity index (χ0v) is 14.8. The molecule has 1 saturated heterocycles. The highest BCUT2D eigenvalue weighted by atomic mass is 35.5. The minimum absolute atomic E-state index is 0.109. The molecule has 2 aromatic carbocycles. The molecule has 1 heterocycles. The van der Waals surface area contributed by atoms with Gasteiger partial charge in [-0.25, -0.2) is 4.99 Å². The molecule has 1 atom stereocenters. The van der Waals surface area contributed by atoms with Crippen LogP contribution in [0, 0.1) is 10.1 Å². The fourth-order valence-electron chi connectivity index (χ4n) is 2.41. The molecule has 0 aliphatic carbocycles. The molecule has 0 aromatic heterocycles. The topological polar surface area (TPSA) is 75.8 Å². The Morgan fingerprint density at radius 2 is 2.04 bits per heavy atom. The van der Waals surface area contributed by atoms with E-state index in [-0.39, 0.29) is 22.4 Å². The van der Waals surface area contributed by atoms with E-state index in [1.54, 1.807) is 35.2 Å². The highest BCUT2D eigenvalue weighted by molar-refractivity contribution is 8.14. The molecule has 128 valence electrons. The van der Waals surface area contributed by atoms with Crippen molar-refractivity contribution in [3.63, 3.8) is 0 Å². The Labute approximate surface area is 153 Å². The number of nitro groups is 1. The van der Waals surface area contributed by atoms with E-state index in [4.69, 9.17) is 11.6 Å². The molecule has 3 rings (SSSR count). The fraction of sp³-hybridized carbons (Fsp3) is 0.176. The summed E-state index contributed by atoms with van der Waals surface area (Å²) in [6, 6.07) is 12.7. The third-order valence-corrected chi connectivity index (χ3v) is 4.90. The van der Waals surface area contributed by atoms with Gasteiger partial charge in [0.1, 0.15) is 0 Å². The molecule has 0 spiro atoms. The normalized spacial score (nSPS) is 18.6. The van der Waals surface area contributed by atoms with Crippen molar-refractivity contribution >= 4 is 45.8 Å². The van der Waals surface area contributed by atoms with Crippen molar-refractivity contribution < 1.29 is 9.72 Å². The molecule has 8 heteroatoms. The van der Waals surface area contributed by atoms with Gasteiger partial charge in [0, 0.05) is 34.5 Å². The maximum Gasteiger partial charge on any atom is 0.270 e. The molecular formula is C17H14ClN3O3S. The number of benzene rings is 2. The lowest BCUT2D eigenvalue weighted by molar-refractivity contribution is -0.384. The van der Waals surface area contributed by atoms with Gasteiger partial charge in [0.2, 0.25) is 0 Å². The number of hydrogen-bond acceptors (Lipinski definition) is 5. The third-order valence-electron chi connectivity index (χ3n) is 3.58. The van der Waals surface area contributed by atoms with Crippen LogP contribution in [-0.4, -0.2) is 32.7 Å². The Bertz CT molecular complexity index is 854. The molecule has 2 aromatic rings. The second kappa shape index (κ2) is 7.25. The number of amidine groups is 1. The van der Waals surface area contributed by atoms with Crippen molar-refractivity contribution in [2.24, 2.45) is 4.99 Å². The van der Waals surface area contributed by atoms with Crippen LogP contribution >= 0.6 is 23.4 Å². The number of rotatable bonds is 3. The summed E-state index contributed by atoms with van der Waals surface area (Å²) in [5.74, 6) is -0.298. The maximum atomic E-state index is 12.8. The molecule has 1 fully saturated rings. The number of carbonyl (C=O) groups is 1. The van der Waals surface area contributed by atoms with Crippen molar-refractivity contribution in [3.05, 3.63) is 69.2 Å². The largest absolute Gasteiger partial charge is 0.286 e. The molecular weight excluding hydrogens is 362 g/mol. The Balaban J connectivity index is 1.91. The van der Waals surface area contributed by atoms with Gasteiger partial charge in [-0.2, -0.15) is 0 Å². The summed E-state index contributed by atoms with van der Waals surface area (Å²) < 4.78 is 0. The molecule has 0 saturated carbocycles. The number of amides is 1. The summed E-state index contributed by atoms with van der Waals surface area (Å²) in [5.41, 5.74) is 0.854. The first-order chi connectivity index (χ1) is 11.9. The number of aliphatic imine (C=N–C) groups is 1. The minimum Gasteiger partial charge on any atom is -0.286 e. The van der Waals surface area contributed by atoms with E-state index < -0.39 is 4.92 Å². The molecule has 1 amide bonds. The van der Waals surface area contributed by atoms with E-state index in [1.165, 1.54) is 30.0 Å². The monoisotopic (exact) mass is 375 g/mol. The quantitative estimate of drug-likeness (QED) is 0.584. The van der Waals surface area contributed by atoms with E-state index in [0.717, 1.165) is 0 Å². The predicted molar refractivity (Wildman–Crippen MR) is 99.7 cm³/mol. The molecule has 6 nitrogen and oxygen atoms in total. The Morgan fingerprint density at radius 3 is 2.72 bits per heavy atom. The van der Waals surface area contributed by atoms with E-state index in [2.05, 4.69) is 4.99 Å². The zero-order chi connectivity index (χ0) is 18.0. The molecule has 0 N–H and O–H groups in total. The van der Waals surface area contributed by atoms with Crippen LogP contribution < -0.4 is 0 Å². The van der Waals surface area contributed by atoms with Gasteiger partial charge in [-0.05, 0) is 30.3 Å². The molecule has 0 bridgehead atoms. The number of nitro benzene ring substituents is 1. The van der Waals surface area contributed by atoms with E-state index in [9.17, 15) is 14.9 Å². The van der Waals surface area contributed by atoms with Gasteiger partial charge in [-0.3, -0.25) is 19.8 Å². The minimum atomic E-state index is -0.513. The molecule has 1 aliphatic rings. The first kappa shape index (κ1) is 17.4. The number of carbonyl (C=O) groups excluding carboxylic acids is 1. The average Bonchev–Trinajstić information content (AvgIpc) is 2.96. The van der Waals surface area contributed by atoms with E-state index in [0.29, 0.717) is 22.4 Å². The second-order valence-corrected chi connectivity index (χ2v) is 7.36. The average molecular weight is 376 g/mol. The summed E-state index contributed by atoms with van der Waals surface area (Å²) in [6.07, 6.45) is 0. The van der Waals surface area contributed by atoms with Crippen LogP contribution in [0.2, 0.25) is 5.02 Å². The summed E-state index contributed by atoms with van der Waals surface area (Å²) in [5, 5.41) is 12.3. The summed E-state index contributed by atoms with van der Waals surface area (Å²) in [7, 11) is 0. The van der Waals surface area contributed by atoms with Gasteiger partial charge in [0.15, 0.2) is 5.17 Å². The van der Waals surface area contributed by atoms with Crippen LogP contribution in [0.4, 0.5) is 11.4 Å². The number of nitrogens with zero attached hydrogens (tertiary/aromatic N) is 3. The van der Waals surface area contributed by atoms with E-state index in [1.807, 2.05) is 6.92 Å². The van der Waals surface area contributed by atoms with Crippen molar-refractivity contribution in [2.75, 3.05) is 6.54 Å². The van der Waals surface area contributed by atoms with Crippen molar-refractivity contribution in [2.45, 2.75) is 12.2 Å². The summed E-state index contributed by atoms with van der Waals surface area (Å²) in [6.45, 7) is 2.50. The van der Waals surface area contributed by atoms with Crippen molar-refractivity contribution in [1.82, 2.24) is 4.90 Å². The Morgan fingerprint density at radius 1 is 1.32 bits per heavy atom. The van der Waals surface area contributed by atoms with Gasteiger partial charge in [-0.1, -0.05) is 36.4 Å². The molecule has 1 aliphatic heterocycles. The third kappa shape index (κ3) is 4.00. The fourth-order valence-corrected chi connectivity index (χ4v) is 3.56. The van der Waals surface area contributed by atoms with Crippen LogP contribution in [-0.2, 0) is 0 Å². The van der Waals surface area contributed by atoms with Gasteiger partial charge in [0.25, 0.3) is 11.6 Å². The number of hydrogen-bond donors (Lipinski definition) is 0. The highest BCUT2D eigenvalue weighted by Gasteiger charge is 2.32. The SMILES string of the molecule is C[C@@H]1CN(C(=O)c2cccc([N+](=O)[O-])c2)C(=Nc2ccc(Cl)cc2)S1. The van der Waals surface area contributed by atoms with Crippen LogP contribution in [0.15, 0.2) is 53.5 Å². The predicted octanol–water partition coefficient (Wildman–Crippen LogP) is 4.51. The number of halogens is 1. The highest BCUT2D eigenvalue weighted by Crippen LogP contribution is 2.30. The number of thioether (sulfide) groups is 1. The lowest BCUT2D eigenvalue weighted by atomic mass is 10.2. The zero-order valence-electron chi connectivity index (χ0n) is 13.3. The first-order valence-electron chi connectivity index (χ1n) is 7.51. The molecule has 25 heavy (non-hydrogen) atoms. The standard InChI is InChI=1S/C17H14ClN3O3S/c1-11-10-20(16(22)12-3-2-4-15(9-12)21(23)24)17(25-11)19-14-7-5-13(18)6-8-14/h2-9,11H,10H2,1H3/t11-/m1/s1. The number of non-ortho nitro benzene ring substituents is 1. The molecule has 0 radical (unpaired) electrons. The van der Waals surface area contributed by atoms with Crippen molar-refractivity contribution in [1.29, 1.82) is 0 Å². The summed E-state index contributed by atoms with van der Waals surface area (Å²) >= 11 is 7.37. The smallest absolute Gasteiger partial charge is 0.270 e. The van der Waals surface area contributed by atoms with Gasteiger partial charge < -0.3 is 0 Å². The lowest BCUT2D eigenvalue weighted by Gasteiger charge is -2.16. The Kier molecular flexibility index (Phi) is 5.06. The van der Waals surface area contributed by atoms with Gasteiger partial charge in [0.05, 0.1) is 10.6 Å². The Hall–Kier alpha value is -2.38. The van der Waals surface area contributed by atoms with Crippen LogP contribution in [0.3, 0.4) is 0 Å². The first-order valence-corrected chi connectivity index (χ1v) is 8.77.